The van der Waals surface area contributed by atoms with Gasteiger partial charge in [-0.15, -0.1) is 0 Å². The molecule has 6 heteroatoms. The Hall–Kier alpha value is -2.89. The molecule has 0 saturated carbocycles. The number of hydrogen-bond acceptors (Lipinski definition) is 5. The third kappa shape index (κ3) is 3.13. The largest absolute Gasteiger partial charge is 0.508 e. The number of fused-ring (bicyclic) bond motifs is 3. The third-order valence-corrected chi connectivity index (χ3v) is 5.78. The number of nitrogens with zero attached hydrogens (tertiary/aromatic N) is 1. The molecule has 3 atom stereocenters. The highest BCUT2D eigenvalue weighted by molar-refractivity contribution is 6.06. The van der Waals surface area contributed by atoms with E-state index in [0.29, 0.717) is 16.9 Å². The Bertz CT molecular complexity index is 1030. The van der Waals surface area contributed by atoms with Crippen LogP contribution in [0.15, 0.2) is 34.7 Å². The van der Waals surface area contributed by atoms with E-state index in [9.17, 15) is 9.90 Å². The van der Waals surface area contributed by atoms with Gasteiger partial charge in [-0.2, -0.15) is 0 Å². The number of anilines is 1. The number of rotatable bonds is 2. The van der Waals surface area contributed by atoms with Crippen LogP contribution in [0.1, 0.15) is 51.7 Å². The summed E-state index contributed by atoms with van der Waals surface area (Å²) < 4.78 is 11.6. The number of furan rings is 1. The molecule has 1 aromatic heterocycles. The third-order valence-electron chi connectivity index (χ3n) is 5.78. The monoisotopic (exact) mass is 382 g/mol. The van der Waals surface area contributed by atoms with Gasteiger partial charge in [0.1, 0.15) is 23.0 Å². The number of ether oxygens (including phenoxy) is 1. The molecule has 1 amide bonds. The van der Waals surface area contributed by atoms with Crippen molar-refractivity contribution in [2.75, 3.05) is 5.73 Å². The molecule has 0 spiro atoms. The molecule has 0 bridgehead atoms. The van der Waals surface area contributed by atoms with Crippen molar-refractivity contribution in [3.05, 3.63) is 35.9 Å². The number of hydrogen-bond donors (Lipinski definition) is 2. The van der Waals surface area contributed by atoms with Crippen molar-refractivity contribution in [3.8, 4) is 5.75 Å². The Morgan fingerprint density at radius 1 is 1.18 bits per heavy atom. The van der Waals surface area contributed by atoms with Gasteiger partial charge in [-0.3, -0.25) is 0 Å². The molecule has 0 radical (unpaired) electrons. The summed E-state index contributed by atoms with van der Waals surface area (Å²) in [6.45, 7) is 5.97. The molecule has 1 saturated heterocycles. The second-order valence-electron chi connectivity index (χ2n) is 7.82. The first-order chi connectivity index (χ1) is 13.3. The molecule has 3 N–H and O–H groups in total. The summed E-state index contributed by atoms with van der Waals surface area (Å²) in [4.78, 5) is 14.6. The molecule has 28 heavy (non-hydrogen) atoms. The predicted octanol–water partition coefficient (Wildman–Crippen LogP) is 5.33. The summed E-state index contributed by atoms with van der Waals surface area (Å²) in [7, 11) is 0. The number of likely N-dealkylation sites (tertiary alicyclic amines) is 1. The van der Waals surface area contributed by atoms with Crippen LogP contribution in [0.25, 0.3) is 21.9 Å². The number of piperidine rings is 1. The van der Waals surface area contributed by atoms with E-state index in [1.54, 1.807) is 18.2 Å². The zero-order chi connectivity index (χ0) is 20.0. The summed E-state index contributed by atoms with van der Waals surface area (Å²) in [5.74, 6) is 0.145. The number of carbonyl (C=O) groups excluding carboxylic acids is 1. The van der Waals surface area contributed by atoms with Crippen LogP contribution in [-0.4, -0.2) is 28.2 Å². The van der Waals surface area contributed by atoms with Crippen LogP contribution in [0.4, 0.5) is 10.5 Å². The van der Waals surface area contributed by atoms with Crippen molar-refractivity contribution in [1.82, 2.24) is 4.90 Å². The second-order valence-corrected chi connectivity index (χ2v) is 7.82. The van der Waals surface area contributed by atoms with Gasteiger partial charge in [0, 0.05) is 46.2 Å². The van der Waals surface area contributed by atoms with Gasteiger partial charge in [0.05, 0.1) is 0 Å². The van der Waals surface area contributed by atoms with E-state index in [4.69, 9.17) is 14.9 Å². The predicted molar refractivity (Wildman–Crippen MR) is 109 cm³/mol. The minimum absolute atomic E-state index is 0.145. The first-order valence-electron chi connectivity index (χ1n) is 9.78. The summed E-state index contributed by atoms with van der Waals surface area (Å²) in [6, 6.07) is 9.02. The minimum Gasteiger partial charge on any atom is -0.508 e. The Kier molecular flexibility index (Phi) is 4.57. The van der Waals surface area contributed by atoms with Gasteiger partial charge < -0.3 is 24.9 Å². The first-order valence-corrected chi connectivity index (χ1v) is 9.78. The van der Waals surface area contributed by atoms with Crippen LogP contribution >= 0.6 is 0 Å². The Labute approximate surface area is 163 Å². The number of aromatic hydroxyl groups is 1. The van der Waals surface area contributed by atoms with Crippen molar-refractivity contribution >= 4 is 33.7 Å². The van der Waals surface area contributed by atoms with E-state index in [1.807, 2.05) is 24.0 Å². The standard InChI is InChI=1S/C22H26N2O4/c1-12-5-4-6-13(2)24(12)22(26)27-14(3)17-10-18-16-8-7-15(25)9-20(16)28-21(18)11-19(17)23/h7-14,25H,4-6,23H2,1-3H3. The van der Waals surface area contributed by atoms with Crippen LogP contribution in [0.3, 0.4) is 0 Å². The molecule has 0 aliphatic carbocycles. The summed E-state index contributed by atoms with van der Waals surface area (Å²) >= 11 is 0. The molecule has 1 fully saturated rings. The van der Waals surface area contributed by atoms with Crippen LogP contribution < -0.4 is 5.73 Å². The fourth-order valence-electron chi connectivity index (χ4n) is 4.25. The SMILES string of the molecule is CC(OC(=O)N1C(C)CCCC1C)c1cc2c(cc1N)oc1cc(O)ccc12. The smallest absolute Gasteiger partial charge is 0.410 e. The van der Waals surface area contributed by atoms with Crippen LogP contribution in [0.2, 0.25) is 0 Å². The van der Waals surface area contributed by atoms with E-state index in [0.717, 1.165) is 35.6 Å². The molecule has 6 nitrogen and oxygen atoms in total. The molecule has 3 unspecified atom stereocenters. The molecular formula is C22H26N2O4. The highest BCUT2D eigenvalue weighted by atomic mass is 16.6. The van der Waals surface area contributed by atoms with Gasteiger partial charge in [0.15, 0.2) is 0 Å². The number of amides is 1. The number of nitrogens with two attached hydrogens (primary N) is 1. The fraction of sp³-hybridized carbons (Fsp3) is 0.409. The molecule has 1 aliphatic rings. The zero-order valence-electron chi connectivity index (χ0n) is 16.4. The Morgan fingerprint density at radius 2 is 1.86 bits per heavy atom. The van der Waals surface area contributed by atoms with E-state index < -0.39 is 6.10 Å². The first kappa shape index (κ1) is 18.5. The van der Waals surface area contributed by atoms with Crippen molar-refractivity contribution in [2.45, 2.75) is 58.2 Å². The van der Waals surface area contributed by atoms with Crippen molar-refractivity contribution < 1.29 is 19.1 Å². The topological polar surface area (TPSA) is 88.9 Å². The highest BCUT2D eigenvalue weighted by Gasteiger charge is 2.31. The maximum absolute atomic E-state index is 12.8. The lowest BCUT2D eigenvalue weighted by molar-refractivity contribution is 0.0329. The average Bonchev–Trinajstić information content (AvgIpc) is 2.96. The maximum atomic E-state index is 12.8. The minimum atomic E-state index is -0.486. The van der Waals surface area contributed by atoms with Crippen LogP contribution in [0.5, 0.6) is 5.75 Å². The molecular weight excluding hydrogens is 356 g/mol. The number of phenols is 1. The number of carbonyl (C=O) groups is 1. The van der Waals surface area contributed by atoms with Gasteiger partial charge in [-0.05, 0) is 58.2 Å². The summed E-state index contributed by atoms with van der Waals surface area (Å²) in [6.07, 6.45) is 2.34. The van der Waals surface area contributed by atoms with Gasteiger partial charge >= 0.3 is 6.09 Å². The summed E-state index contributed by atoms with van der Waals surface area (Å²) in [5, 5.41) is 11.4. The normalized spacial score (nSPS) is 21.2. The van der Waals surface area contributed by atoms with Crippen molar-refractivity contribution in [2.24, 2.45) is 0 Å². The van der Waals surface area contributed by atoms with Crippen molar-refractivity contribution in [3.63, 3.8) is 0 Å². The quantitative estimate of drug-likeness (QED) is 0.584. The lowest BCUT2D eigenvalue weighted by Crippen LogP contribution is -2.47. The fourth-order valence-corrected chi connectivity index (χ4v) is 4.25. The van der Waals surface area contributed by atoms with Crippen LogP contribution in [0, 0.1) is 0 Å². The molecule has 4 rings (SSSR count). The van der Waals surface area contributed by atoms with Gasteiger partial charge in [0.2, 0.25) is 0 Å². The van der Waals surface area contributed by atoms with Gasteiger partial charge in [-0.1, -0.05) is 0 Å². The lowest BCUT2D eigenvalue weighted by Gasteiger charge is -2.38. The number of phenolic OH excluding ortho intramolecular Hbond substituents is 1. The molecule has 148 valence electrons. The number of nitrogen functional groups attached to an aromatic ring is 1. The molecule has 1 aliphatic heterocycles. The Morgan fingerprint density at radius 3 is 2.57 bits per heavy atom. The van der Waals surface area contributed by atoms with Crippen LogP contribution in [-0.2, 0) is 4.74 Å². The van der Waals surface area contributed by atoms with E-state index in [-0.39, 0.29) is 23.9 Å². The second kappa shape index (κ2) is 6.93. The van der Waals surface area contributed by atoms with Gasteiger partial charge in [0.25, 0.3) is 0 Å². The number of benzene rings is 2. The lowest BCUT2D eigenvalue weighted by atomic mass is 9.98. The maximum Gasteiger partial charge on any atom is 0.410 e. The zero-order valence-corrected chi connectivity index (χ0v) is 16.4. The van der Waals surface area contributed by atoms with Gasteiger partial charge in [-0.25, -0.2) is 4.79 Å². The van der Waals surface area contributed by atoms with Crippen molar-refractivity contribution in [1.29, 1.82) is 0 Å². The van der Waals surface area contributed by atoms with E-state index in [2.05, 4.69) is 13.8 Å². The molecule has 3 aromatic rings. The van der Waals surface area contributed by atoms with E-state index >= 15 is 0 Å². The highest BCUT2D eigenvalue weighted by Crippen LogP contribution is 2.36. The average molecular weight is 382 g/mol. The van der Waals surface area contributed by atoms with E-state index in [1.165, 1.54) is 0 Å². The molecule has 2 heterocycles. The Balaban J connectivity index is 1.65. The summed E-state index contributed by atoms with van der Waals surface area (Å²) in [5.41, 5.74) is 8.72. The molecule has 2 aromatic carbocycles.